The number of hydrogen-bond donors (Lipinski definition) is 3. The van der Waals surface area contributed by atoms with Gasteiger partial charge in [-0.3, -0.25) is 9.83 Å². The number of rotatable bonds is 4. The molecule has 156 valence electrons. The van der Waals surface area contributed by atoms with Gasteiger partial charge >= 0.3 is 0 Å². The summed E-state index contributed by atoms with van der Waals surface area (Å²) in [5.74, 6) is 6.84. The van der Waals surface area contributed by atoms with Crippen LogP contribution in [0.5, 0.6) is 5.75 Å². The van der Waals surface area contributed by atoms with Crippen LogP contribution in [0.15, 0.2) is 23.2 Å². The van der Waals surface area contributed by atoms with E-state index in [1.165, 1.54) is 31.2 Å². The van der Waals surface area contributed by atoms with Gasteiger partial charge in [-0.2, -0.15) is 0 Å². The monoisotopic (exact) mass is 388 g/mol. The van der Waals surface area contributed by atoms with Crippen LogP contribution in [0.3, 0.4) is 0 Å². The molecule has 0 radical (unpaired) electrons. The van der Waals surface area contributed by atoms with E-state index in [4.69, 9.17) is 26.2 Å². The van der Waals surface area contributed by atoms with Crippen molar-refractivity contribution in [3.05, 3.63) is 29.3 Å². The molecular formula is C22H36N4O2. The number of nitrogens with one attached hydrogen (secondary N) is 1. The summed E-state index contributed by atoms with van der Waals surface area (Å²) < 4.78 is 6.02. The van der Waals surface area contributed by atoms with Gasteiger partial charge in [0.2, 0.25) is 0 Å². The molecule has 4 rings (SSSR count). The average Bonchev–Trinajstić information content (AvgIpc) is 2.73. The molecule has 1 saturated carbocycles. The molecule has 1 aromatic carbocycles. The SMILES string of the molecule is CC.CC(ON)C1CCc2cc(C(N)=NC3CC4(CCNCC4)C3)ccc2O1. The summed E-state index contributed by atoms with van der Waals surface area (Å²) in [6, 6.07) is 6.51. The lowest BCUT2D eigenvalue weighted by molar-refractivity contribution is -0.0238. The highest BCUT2D eigenvalue weighted by Gasteiger charge is 2.44. The number of nitrogens with zero attached hydrogens (tertiary/aromatic N) is 1. The third-order valence-electron chi connectivity index (χ3n) is 6.39. The zero-order valence-electron chi connectivity index (χ0n) is 17.5. The summed E-state index contributed by atoms with van der Waals surface area (Å²) in [6.07, 6.45) is 6.64. The number of benzene rings is 1. The Kier molecular flexibility index (Phi) is 6.96. The van der Waals surface area contributed by atoms with E-state index in [1.807, 2.05) is 32.9 Å². The summed E-state index contributed by atoms with van der Waals surface area (Å²) in [4.78, 5) is 9.71. The van der Waals surface area contributed by atoms with Crippen molar-refractivity contribution < 1.29 is 9.57 Å². The van der Waals surface area contributed by atoms with Crippen LogP contribution >= 0.6 is 0 Å². The van der Waals surface area contributed by atoms with E-state index in [9.17, 15) is 0 Å². The summed E-state index contributed by atoms with van der Waals surface area (Å²) >= 11 is 0. The van der Waals surface area contributed by atoms with Crippen molar-refractivity contribution in [1.82, 2.24) is 5.32 Å². The van der Waals surface area contributed by atoms with Gasteiger partial charge in [0.1, 0.15) is 23.8 Å². The Balaban J connectivity index is 0.00000109. The molecule has 0 amide bonds. The van der Waals surface area contributed by atoms with Crippen molar-refractivity contribution in [3.63, 3.8) is 0 Å². The number of hydrogen-bond acceptors (Lipinski definition) is 5. The van der Waals surface area contributed by atoms with Crippen molar-refractivity contribution in [3.8, 4) is 5.75 Å². The molecule has 1 saturated heterocycles. The second kappa shape index (κ2) is 9.25. The zero-order valence-corrected chi connectivity index (χ0v) is 17.5. The molecule has 3 aliphatic rings. The third-order valence-corrected chi connectivity index (χ3v) is 6.39. The molecule has 2 atom stereocenters. The van der Waals surface area contributed by atoms with Crippen molar-refractivity contribution in [2.24, 2.45) is 22.0 Å². The first kappa shape index (κ1) is 21.1. The van der Waals surface area contributed by atoms with Crippen molar-refractivity contribution in [1.29, 1.82) is 0 Å². The number of aryl methyl sites for hydroxylation is 1. The highest BCUT2D eigenvalue weighted by molar-refractivity contribution is 5.98. The molecule has 0 bridgehead atoms. The van der Waals surface area contributed by atoms with E-state index in [1.54, 1.807) is 0 Å². The van der Waals surface area contributed by atoms with Crippen molar-refractivity contribution in [2.75, 3.05) is 13.1 Å². The van der Waals surface area contributed by atoms with Gasteiger partial charge in [-0.1, -0.05) is 13.8 Å². The minimum absolute atomic E-state index is 0.000475. The predicted octanol–water partition coefficient (Wildman–Crippen LogP) is 2.92. The third kappa shape index (κ3) is 4.50. The number of aliphatic imine (C=N–C) groups is 1. The van der Waals surface area contributed by atoms with E-state index in [0.29, 0.717) is 17.3 Å². The second-order valence-corrected chi connectivity index (χ2v) is 8.19. The molecule has 2 heterocycles. The number of piperidine rings is 1. The maximum absolute atomic E-state index is 6.31. The van der Waals surface area contributed by atoms with Gasteiger partial charge in [0.15, 0.2) is 0 Å². The number of fused-ring (bicyclic) bond motifs is 1. The first-order valence-electron chi connectivity index (χ1n) is 10.8. The largest absolute Gasteiger partial charge is 0.487 e. The fourth-order valence-corrected chi connectivity index (χ4v) is 4.65. The molecule has 1 spiro atoms. The normalized spacial score (nSPS) is 25.0. The lowest BCUT2D eigenvalue weighted by atomic mass is 9.61. The Labute approximate surface area is 169 Å². The minimum Gasteiger partial charge on any atom is -0.487 e. The van der Waals surface area contributed by atoms with Crippen LogP contribution < -0.4 is 21.7 Å². The molecule has 5 N–H and O–H groups in total. The van der Waals surface area contributed by atoms with Crippen LogP contribution in [0.25, 0.3) is 0 Å². The molecule has 2 unspecified atom stereocenters. The molecule has 2 aliphatic heterocycles. The molecule has 0 aromatic heterocycles. The number of nitrogens with two attached hydrogens (primary N) is 2. The Morgan fingerprint density at radius 3 is 2.68 bits per heavy atom. The topological polar surface area (TPSA) is 94.9 Å². The smallest absolute Gasteiger partial charge is 0.127 e. The maximum Gasteiger partial charge on any atom is 0.127 e. The first-order valence-corrected chi connectivity index (χ1v) is 10.8. The number of ether oxygens (including phenoxy) is 1. The fraction of sp³-hybridized carbons (Fsp3) is 0.682. The standard InChI is InChI=1S/C20H30N4O2.C2H6/c1-13(26-22)17-4-2-14-10-15(3-5-18(14)25-17)19(21)24-16-11-20(12-16)6-8-23-9-7-20;1-2/h3,5,10,13,16-17,23H,2,4,6-9,11-12,22H2,1H3,(H2,21,24);1-2H3. The van der Waals surface area contributed by atoms with Gasteiger partial charge < -0.3 is 15.8 Å². The van der Waals surface area contributed by atoms with Gasteiger partial charge in [0.25, 0.3) is 0 Å². The van der Waals surface area contributed by atoms with Crippen LogP contribution in [0.1, 0.15) is 64.0 Å². The summed E-state index contributed by atoms with van der Waals surface area (Å²) in [5.41, 5.74) is 9.03. The Bertz CT molecular complexity index is 677. The first-order chi connectivity index (χ1) is 13.6. The minimum atomic E-state index is -0.115. The summed E-state index contributed by atoms with van der Waals surface area (Å²) in [7, 11) is 0. The maximum atomic E-state index is 6.31. The highest BCUT2D eigenvalue weighted by atomic mass is 16.6. The molecule has 1 aromatic rings. The summed E-state index contributed by atoms with van der Waals surface area (Å²) in [5, 5.41) is 3.45. The van der Waals surface area contributed by atoms with Crippen LogP contribution in [0.2, 0.25) is 0 Å². The van der Waals surface area contributed by atoms with Crippen LogP contribution in [-0.4, -0.2) is 37.2 Å². The van der Waals surface area contributed by atoms with Crippen molar-refractivity contribution in [2.45, 2.75) is 77.5 Å². The number of amidine groups is 1. The van der Waals surface area contributed by atoms with Gasteiger partial charge in [-0.05, 0) is 87.7 Å². The van der Waals surface area contributed by atoms with Gasteiger partial charge in [0.05, 0.1) is 6.04 Å². The van der Waals surface area contributed by atoms with Gasteiger partial charge in [-0.25, -0.2) is 5.90 Å². The molecule has 6 nitrogen and oxygen atoms in total. The molecule has 2 fully saturated rings. The Morgan fingerprint density at radius 2 is 2.00 bits per heavy atom. The van der Waals surface area contributed by atoms with E-state index in [0.717, 1.165) is 37.2 Å². The van der Waals surface area contributed by atoms with E-state index in [-0.39, 0.29) is 12.2 Å². The Morgan fingerprint density at radius 1 is 1.29 bits per heavy atom. The fourth-order valence-electron chi connectivity index (χ4n) is 4.65. The van der Waals surface area contributed by atoms with Crippen LogP contribution in [-0.2, 0) is 11.3 Å². The zero-order chi connectivity index (χ0) is 20.1. The lowest BCUT2D eigenvalue weighted by Gasteiger charge is -2.49. The van der Waals surface area contributed by atoms with Gasteiger partial charge in [0, 0.05) is 5.56 Å². The molecular weight excluding hydrogens is 352 g/mol. The van der Waals surface area contributed by atoms with E-state index in [2.05, 4.69) is 11.4 Å². The lowest BCUT2D eigenvalue weighted by Crippen LogP contribution is -2.47. The van der Waals surface area contributed by atoms with Gasteiger partial charge in [-0.15, -0.1) is 0 Å². The summed E-state index contributed by atoms with van der Waals surface area (Å²) in [6.45, 7) is 8.22. The molecule has 6 heteroatoms. The highest BCUT2D eigenvalue weighted by Crippen LogP contribution is 2.49. The van der Waals surface area contributed by atoms with E-state index < -0.39 is 0 Å². The predicted molar refractivity (Wildman–Crippen MR) is 114 cm³/mol. The Hall–Kier alpha value is -1.63. The van der Waals surface area contributed by atoms with Crippen LogP contribution in [0.4, 0.5) is 0 Å². The van der Waals surface area contributed by atoms with E-state index >= 15 is 0 Å². The quantitative estimate of drug-likeness (QED) is 0.419. The van der Waals surface area contributed by atoms with Crippen LogP contribution in [0, 0.1) is 5.41 Å². The average molecular weight is 389 g/mol. The van der Waals surface area contributed by atoms with Crippen molar-refractivity contribution >= 4 is 5.84 Å². The molecule has 28 heavy (non-hydrogen) atoms. The second-order valence-electron chi connectivity index (χ2n) is 8.19. The molecule has 1 aliphatic carbocycles.